The molecule has 4 rings (SSSR count). The van der Waals surface area contributed by atoms with Gasteiger partial charge in [0.2, 0.25) is 17.7 Å². The molecule has 3 aliphatic rings. The molecule has 0 spiro atoms. The third-order valence-corrected chi connectivity index (χ3v) is 7.30. The smallest absolute Gasteiger partial charge is 0.227 e. The Morgan fingerprint density at radius 2 is 1.48 bits per heavy atom. The Bertz CT molecular complexity index is 801. The second-order valence-electron chi connectivity index (χ2n) is 9.65. The number of carbonyl (C=O) groups is 3. The number of likely N-dealkylation sites (tertiary alicyclic amines) is 3. The highest BCUT2D eigenvalue weighted by molar-refractivity contribution is 5.81. The molecular weight excluding hydrogens is 418 g/mol. The van der Waals surface area contributed by atoms with Crippen molar-refractivity contribution < 1.29 is 19.1 Å². The molecule has 3 fully saturated rings. The van der Waals surface area contributed by atoms with Crippen LogP contribution < -0.4 is 4.74 Å². The minimum atomic E-state index is -0.111. The van der Waals surface area contributed by atoms with Gasteiger partial charge in [0.15, 0.2) is 0 Å². The predicted octanol–water partition coefficient (Wildman–Crippen LogP) is 2.95. The van der Waals surface area contributed by atoms with Crippen LogP contribution in [0, 0.1) is 11.8 Å². The molecule has 3 heterocycles. The molecule has 0 aliphatic carbocycles. The molecule has 3 aliphatic heterocycles. The molecule has 0 aromatic heterocycles. The van der Waals surface area contributed by atoms with Crippen molar-refractivity contribution in [2.24, 2.45) is 11.8 Å². The highest BCUT2D eigenvalue weighted by atomic mass is 16.5. The third kappa shape index (κ3) is 6.49. The number of piperidine rings is 2. The fourth-order valence-corrected chi connectivity index (χ4v) is 5.29. The van der Waals surface area contributed by atoms with E-state index in [4.69, 9.17) is 4.74 Å². The molecule has 33 heavy (non-hydrogen) atoms. The third-order valence-electron chi connectivity index (χ3n) is 7.30. The van der Waals surface area contributed by atoms with Crippen LogP contribution in [0.4, 0.5) is 0 Å². The van der Waals surface area contributed by atoms with Gasteiger partial charge in [-0.1, -0.05) is 18.2 Å². The van der Waals surface area contributed by atoms with E-state index in [0.717, 1.165) is 70.5 Å². The maximum absolute atomic E-state index is 13.1. The Morgan fingerprint density at radius 3 is 2.21 bits per heavy atom. The van der Waals surface area contributed by atoms with Crippen molar-refractivity contribution in [2.45, 2.75) is 51.4 Å². The monoisotopic (exact) mass is 455 g/mol. The number of amides is 3. The standard InChI is InChI=1S/C26H37N3O4/c30-24(12-18-33-23-8-2-1-3-9-23)29-15-6-7-22(20-29)26(32)28-16-10-21(11-17-28)19-25(31)27-13-4-5-14-27/h1-3,8-9,21-22H,4-7,10-20H2. The molecule has 3 saturated heterocycles. The van der Waals surface area contributed by atoms with Crippen molar-refractivity contribution in [2.75, 3.05) is 45.9 Å². The van der Waals surface area contributed by atoms with Crippen molar-refractivity contribution in [3.05, 3.63) is 30.3 Å². The van der Waals surface area contributed by atoms with Crippen molar-refractivity contribution in [3.8, 4) is 5.75 Å². The van der Waals surface area contributed by atoms with Gasteiger partial charge in [-0.15, -0.1) is 0 Å². The number of carbonyl (C=O) groups excluding carboxylic acids is 3. The maximum atomic E-state index is 13.1. The molecule has 1 atom stereocenters. The van der Waals surface area contributed by atoms with Crippen LogP contribution in [0.3, 0.4) is 0 Å². The number of para-hydroxylation sites is 1. The molecule has 1 unspecified atom stereocenters. The summed E-state index contributed by atoms with van der Waals surface area (Å²) in [5.74, 6) is 1.56. The van der Waals surface area contributed by atoms with Gasteiger partial charge >= 0.3 is 0 Å². The first kappa shape index (κ1) is 23.6. The minimum Gasteiger partial charge on any atom is -0.493 e. The van der Waals surface area contributed by atoms with Crippen LogP contribution in [0.5, 0.6) is 5.75 Å². The Kier molecular flexibility index (Phi) is 8.24. The van der Waals surface area contributed by atoms with Crippen molar-refractivity contribution in [1.29, 1.82) is 0 Å². The molecule has 1 aromatic carbocycles. The lowest BCUT2D eigenvalue weighted by Crippen LogP contribution is -2.49. The zero-order valence-electron chi connectivity index (χ0n) is 19.6. The van der Waals surface area contributed by atoms with E-state index >= 15 is 0 Å². The molecule has 0 bridgehead atoms. The molecular formula is C26H37N3O4. The number of hydrogen-bond acceptors (Lipinski definition) is 4. The van der Waals surface area contributed by atoms with Crippen molar-refractivity contribution in [3.63, 3.8) is 0 Å². The molecule has 3 amide bonds. The van der Waals surface area contributed by atoms with Gasteiger partial charge in [0.1, 0.15) is 5.75 Å². The van der Waals surface area contributed by atoms with E-state index in [1.807, 2.05) is 45.0 Å². The Morgan fingerprint density at radius 1 is 0.788 bits per heavy atom. The average molecular weight is 456 g/mol. The second-order valence-corrected chi connectivity index (χ2v) is 9.65. The van der Waals surface area contributed by atoms with Crippen LogP contribution in [-0.4, -0.2) is 78.3 Å². The number of rotatable bonds is 7. The van der Waals surface area contributed by atoms with E-state index in [2.05, 4.69) is 0 Å². The van der Waals surface area contributed by atoms with Crippen LogP contribution in [0.15, 0.2) is 30.3 Å². The number of ether oxygens (including phenoxy) is 1. The van der Waals surface area contributed by atoms with Gasteiger partial charge in [0.25, 0.3) is 0 Å². The highest BCUT2D eigenvalue weighted by Crippen LogP contribution is 2.26. The summed E-state index contributed by atoms with van der Waals surface area (Å²) in [6.07, 6.45) is 6.71. The first-order valence-electron chi connectivity index (χ1n) is 12.6. The van der Waals surface area contributed by atoms with Crippen molar-refractivity contribution >= 4 is 17.7 Å². The predicted molar refractivity (Wildman–Crippen MR) is 126 cm³/mol. The van der Waals surface area contributed by atoms with Crippen LogP contribution >= 0.6 is 0 Å². The minimum absolute atomic E-state index is 0.0579. The van der Waals surface area contributed by atoms with Gasteiger partial charge in [-0.05, 0) is 56.6 Å². The lowest BCUT2D eigenvalue weighted by atomic mass is 9.90. The highest BCUT2D eigenvalue weighted by Gasteiger charge is 2.33. The van der Waals surface area contributed by atoms with Gasteiger partial charge in [0, 0.05) is 45.7 Å². The van der Waals surface area contributed by atoms with E-state index < -0.39 is 0 Å². The summed E-state index contributed by atoms with van der Waals surface area (Å²) >= 11 is 0. The average Bonchev–Trinajstić information content (AvgIpc) is 3.40. The maximum Gasteiger partial charge on any atom is 0.227 e. The summed E-state index contributed by atoms with van der Waals surface area (Å²) in [5, 5.41) is 0. The van der Waals surface area contributed by atoms with Gasteiger partial charge < -0.3 is 19.4 Å². The lowest BCUT2D eigenvalue weighted by Gasteiger charge is -2.38. The molecule has 0 saturated carbocycles. The first-order chi connectivity index (χ1) is 16.1. The summed E-state index contributed by atoms with van der Waals surface area (Å²) in [6.45, 7) is 4.85. The number of nitrogens with zero attached hydrogens (tertiary/aromatic N) is 3. The van der Waals surface area contributed by atoms with E-state index in [1.165, 1.54) is 0 Å². The van der Waals surface area contributed by atoms with E-state index in [9.17, 15) is 14.4 Å². The van der Waals surface area contributed by atoms with Crippen molar-refractivity contribution in [1.82, 2.24) is 14.7 Å². The van der Waals surface area contributed by atoms with Gasteiger partial charge in [-0.2, -0.15) is 0 Å². The first-order valence-corrected chi connectivity index (χ1v) is 12.6. The Labute approximate surface area is 197 Å². The fraction of sp³-hybridized carbons (Fsp3) is 0.654. The van der Waals surface area contributed by atoms with Crippen LogP contribution in [0.2, 0.25) is 0 Å². The summed E-state index contributed by atoms with van der Waals surface area (Å²) in [5.41, 5.74) is 0. The lowest BCUT2D eigenvalue weighted by molar-refractivity contribution is -0.142. The molecule has 180 valence electrons. The van der Waals surface area contributed by atoms with Gasteiger partial charge in [-0.25, -0.2) is 0 Å². The van der Waals surface area contributed by atoms with Gasteiger partial charge in [-0.3, -0.25) is 14.4 Å². The van der Waals surface area contributed by atoms with Crippen LogP contribution in [-0.2, 0) is 14.4 Å². The number of benzene rings is 1. The Hall–Kier alpha value is -2.57. The summed E-state index contributed by atoms with van der Waals surface area (Å²) in [7, 11) is 0. The fourth-order valence-electron chi connectivity index (χ4n) is 5.29. The quantitative estimate of drug-likeness (QED) is 0.634. The zero-order valence-corrected chi connectivity index (χ0v) is 19.6. The Balaban J connectivity index is 1.18. The van der Waals surface area contributed by atoms with Crippen LogP contribution in [0.1, 0.15) is 51.4 Å². The summed E-state index contributed by atoms with van der Waals surface area (Å²) < 4.78 is 5.66. The summed E-state index contributed by atoms with van der Waals surface area (Å²) in [6, 6.07) is 9.51. The van der Waals surface area contributed by atoms with Crippen LogP contribution in [0.25, 0.3) is 0 Å². The topological polar surface area (TPSA) is 70.2 Å². The number of hydrogen-bond donors (Lipinski definition) is 0. The largest absolute Gasteiger partial charge is 0.493 e. The van der Waals surface area contributed by atoms with Gasteiger partial charge in [0.05, 0.1) is 18.9 Å². The molecule has 0 radical (unpaired) electrons. The normalized spacial score (nSPS) is 21.8. The van der Waals surface area contributed by atoms with E-state index in [1.54, 1.807) is 0 Å². The second kappa shape index (κ2) is 11.5. The molecule has 7 nitrogen and oxygen atoms in total. The SMILES string of the molecule is O=C(CC1CCN(C(=O)C2CCCN(C(=O)CCOc3ccccc3)C2)CC1)N1CCCC1. The molecule has 7 heteroatoms. The zero-order chi connectivity index (χ0) is 23.0. The molecule has 0 N–H and O–H groups in total. The van der Waals surface area contributed by atoms with E-state index in [0.29, 0.717) is 38.5 Å². The molecule has 1 aromatic rings. The van der Waals surface area contributed by atoms with E-state index in [-0.39, 0.29) is 23.6 Å². The summed E-state index contributed by atoms with van der Waals surface area (Å²) in [4.78, 5) is 44.0.